The second kappa shape index (κ2) is 13.0. The van der Waals surface area contributed by atoms with Gasteiger partial charge in [-0.05, 0) is 37.6 Å². The molecule has 0 saturated carbocycles. The first-order valence-electron chi connectivity index (χ1n) is 9.80. The van der Waals surface area contributed by atoms with Crippen LogP contribution < -0.4 is 14.8 Å². The van der Waals surface area contributed by atoms with E-state index in [1.165, 1.54) is 13.2 Å². The Bertz CT molecular complexity index is 645. The first-order chi connectivity index (χ1) is 13.5. The molecule has 0 amide bonds. The van der Waals surface area contributed by atoms with E-state index in [2.05, 4.69) is 38.7 Å². The van der Waals surface area contributed by atoms with Crippen molar-refractivity contribution in [3.63, 3.8) is 0 Å². The number of hydrogen-bond donors (Lipinski definition) is 1. The summed E-state index contributed by atoms with van der Waals surface area (Å²) in [6, 6.07) is 4.93. The van der Waals surface area contributed by atoms with Crippen molar-refractivity contribution in [3.05, 3.63) is 23.8 Å². The van der Waals surface area contributed by atoms with Crippen molar-refractivity contribution in [1.29, 1.82) is 0 Å². The van der Waals surface area contributed by atoms with Gasteiger partial charge in [0.05, 0.1) is 7.11 Å². The maximum absolute atomic E-state index is 12.7. The van der Waals surface area contributed by atoms with Crippen LogP contribution in [0.25, 0.3) is 0 Å². The minimum Gasteiger partial charge on any atom is -0.497 e. The number of aliphatic imine (C=N–C) groups is 1. The Labute approximate surface area is 189 Å². The van der Waals surface area contributed by atoms with Crippen LogP contribution in [-0.2, 0) is 6.54 Å². The highest BCUT2D eigenvalue weighted by atomic mass is 127. The Balaban J connectivity index is 0.00000420. The maximum Gasteiger partial charge on any atom is 0.387 e. The third-order valence-corrected chi connectivity index (χ3v) is 5.14. The summed E-state index contributed by atoms with van der Waals surface area (Å²) in [5, 5.41) is 3.28. The lowest BCUT2D eigenvalue weighted by molar-refractivity contribution is -0.0505. The van der Waals surface area contributed by atoms with E-state index in [0.717, 1.165) is 45.1 Å². The topological polar surface area (TPSA) is 49.3 Å². The van der Waals surface area contributed by atoms with Crippen LogP contribution in [0.4, 0.5) is 8.78 Å². The fourth-order valence-electron chi connectivity index (χ4n) is 3.54. The number of methoxy groups -OCH3 is 1. The van der Waals surface area contributed by atoms with Crippen LogP contribution in [0.15, 0.2) is 23.2 Å². The van der Waals surface area contributed by atoms with Gasteiger partial charge < -0.3 is 24.6 Å². The first-order valence-corrected chi connectivity index (χ1v) is 9.80. The largest absolute Gasteiger partial charge is 0.497 e. The molecule has 1 heterocycles. The first kappa shape index (κ1) is 25.7. The average Bonchev–Trinajstić information content (AvgIpc) is 3.15. The summed E-state index contributed by atoms with van der Waals surface area (Å²) in [5.74, 6) is 1.97. The van der Waals surface area contributed by atoms with Crippen LogP contribution in [0.1, 0.15) is 25.8 Å². The lowest BCUT2D eigenvalue weighted by Crippen LogP contribution is -2.40. The second-order valence-electron chi connectivity index (χ2n) is 6.84. The highest BCUT2D eigenvalue weighted by molar-refractivity contribution is 14.0. The van der Waals surface area contributed by atoms with E-state index in [4.69, 9.17) is 4.74 Å². The molecule has 1 fully saturated rings. The number of rotatable bonds is 9. The fraction of sp³-hybridized carbons (Fsp3) is 0.650. The monoisotopic (exact) mass is 526 g/mol. The van der Waals surface area contributed by atoms with Crippen molar-refractivity contribution in [2.24, 2.45) is 10.9 Å². The molecule has 1 aliphatic rings. The van der Waals surface area contributed by atoms with E-state index in [0.29, 0.717) is 23.8 Å². The Kier molecular flexibility index (Phi) is 11.6. The molecule has 0 aromatic heterocycles. The molecular weight excluding hydrogens is 493 g/mol. The van der Waals surface area contributed by atoms with Gasteiger partial charge in [0.2, 0.25) is 0 Å². The van der Waals surface area contributed by atoms with E-state index in [9.17, 15) is 8.78 Å². The van der Waals surface area contributed by atoms with Crippen LogP contribution in [0.3, 0.4) is 0 Å². The average molecular weight is 526 g/mol. The number of hydrogen-bond acceptors (Lipinski definition) is 4. The van der Waals surface area contributed by atoms with Crippen molar-refractivity contribution in [1.82, 2.24) is 15.1 Å². The number of alkyl halides is 2. The smallest absolute Gasteiger partial charge is 0.387 e. The van der Waals surface area contributed by atoms with Gasteiger partial charge in [-0.25, -0.2) is 0 Å². The van der Waals surface area contributed by atoms with Crippen molar-refractivity contribution in [2.75, 3.05) is 46.9 Å². The summed E-state index contributed by atoms with van der Waals surface area (Å²) in [7, 11) is 3.23. The third-order valence-electron chi connectivity index (χ3n) is 5.14. The number of nitrogens with one attached hydrogen (secondary N) is 1. The summed E-state index contributed by atoms with van der Waals surface area (Å²) < 4.78 is 35.2. The standard InChI is InChI=1S/C20H32F2N4O2.HI/c1-5-25(6-2)13-15-9-10-26(14-15)20(23-3)24-12-16-7-8-17(27-4)11-18(16)28-19(21)22;/h7-8,11,15,19H,5-6,9-10,12-14H2,1-4H3,(H,23,24);1H. The molecule has 1 saturated heterocycles. The molecule has 1 unspecified atom stereocenters. The van der Waals surface area contributed by atoms with Crippen LogP contribution in [-0.4, -0.2) is 69.3 Å². The van der Waals surface area contributed by atoms with E-state index in [1.807, 2.05) is 0 Å². The van der Waals surface area contributed by atoms with Gasteiger partial charge in [0.1, 0.15) is 11.5 Å². The quantitative estimate of drug-likeness (QED) is 0.303. The molecule has 0 aliphatic carbocycles. The third kappa shape index (κ3) is 7.76. The molecule has 0 bridgehead atoms. The Morgan fingerprint density at radius 3 is 2.66 bits per heavy atom. The molecule has 0 radical (unpaired) electrons. The second-order valence-corrected chi connectivity index (χ2v) is 6.84. The summed E-state index contributed by atoms with van der Waals surface area (Å²) in [5.41, 5.74) is 0.626. The van der Waals surface area contributed by atoms with Crippen LogP contribution in [0.2, 0.25) is 0 Å². The van der Waals surface area contributed by atoms with Gasteiger partial charge in [0.15, 0.2) is 5.96 Å². The molecule has 1 aromatic rings. The molecule has 1 N–H and O–H groups in total. The molecular formula is C20H33F2IN4O2. The number of guanidine groups is 1. The molecule has 2 rings (SSSR count). The molecule has 29 heavy (non-hydrogen) atoms. The Hall–Kier alpha value is -1.36. The molecule has 0 spiro atoms. The minimum atomic E-state index is -2.88. The van der Waals surface area contributed by atoms with Gasteiger partial charge in [0.25, 0.3) is 0 Å². The van der Waals surface area contributed by atoms with E-state index >= 15 is 0 Å². The number of halogens is 3. The van der Waals surface area contributed by atoms with Gasteiger partial charge in [-0.1, -0.05) is 13.8 Å². The Morgan fingerprint density at radius 1 is 1.34 bits per heavy atom. The van der Waals surface area contributed by atoms with Crippen molar-refractivity contribution in [3.8, 4) is 11.5 Å². The molecule has 6 nitrogen and oxygen atoms in total. The molecule has 1 aromatic carbocycles. The highest BCUT2D eigenvalue weighted by Gasteiger charge is 2.26. The zero-order valence-corrected chi connectivity index (χ0v) is 20.0. The summed E-state index contributed by atoms with van der Waals surface area (Å²) in [6.07, 6.45) is 1.12. The van der Waals surface area contributed by atoms with E-state index in [-0.39, 0.29) is 29.7 Å². The minimum absolute atomic E-state index is 0. The summed E-state index contributed by atoms with van der Waals surface area (Å²) in [4.78, 5) is 9.04. The van der Waals surface area contributed by atoms with Gasteiger partial charge in [-0.3, -0.25) is 4.99 Å². The molecule has 1 atom stereocenters. The molecule has 1 aliphatic heterocycles. The van der Waals surface area contributed by atoms with Gasteiger partial charge in [-0.15, -0.1) is 24.0 Å². The van der Waals surface area contributed by atoms with E-state index in [1.54, 1.807) is 19.2 Å². The molecule has 9 heteroatoms. The summed E-state index contributed by atoms with van der Waals surface area (Å²) in [6.45, 7) is 6.92. The SMILES string of the molecule is CCN(CC)CC1CCN(C(=NC)NCc2ccc(OC)cc2OC(F)F)C1.I. The fourth-order valence-corrected chi connectivity index (χ4v) is 3.54. The summed E-state index contributed by atoms with van der Waals surface area (Å²) >= 11 is 0. The zero-order chi connectivity index (χ0) is 20.5. The predicted molar refractivity (Wildman–Crippen MR) is 123 cm³/mol. The zero-order valence-electron chi connectivity index (χ0n) is 17.7. The maximum atomic E-state index is 12.7. The van der Waals surface area contributed by atoms with Crippen LogP contribution in [0, 0.1) is 5.92 Å². The van der Waals surface area contributed by atoms with E-state index < -0.39 is 6.61 Å². The van der Waals surface area contributed by atoms with Crippen LogP contribution >= 0.6 is 24.0 Å². The lowest BCUT2D eigenvalue weighted by atomic mass is 10.1. The Morgan fingerprint density at radius 2 is 2.07 bits per heavy atom. The van der Waals surface area contributed by atoms with Gasteiger partial charge in [0, 0.05) is 44.9 Å². The predicted octanol–water partition coefficient (Wildman–Crippen LogP) is 3.65. The van der Waals surface area contributed by atoms with Crippen molar-refractivity contribution < 1.29 is 18.3 Å². The van der Waals surface area contributed by atoms with Crippen molar-refractivity contribution >= 4 is 29.9 Å². The number of likely N-dealkylation sites (tertiary alicyclic amines) is 1. The normalized spacial score (nSPS) is 16.9. The lowest BCUT2D eigenvalue weighted by Gasteiger charge is -2.24. The van der Waals surface area contributed by atoms with Crippen molar-refractivity contribution in [2.45, 2.75) is 33.4 Å². The van der Waals surface area contributed by atoms with Crippen LogP contribution in [0.5, 0.6) is 11.5 Å². The molecule has 166 valence electrons. The van der Waals surface area contributed by atoms with Gasteiger partial charge in [-0.2, -0.15) is 8.78 Å². The number of ether oxygens (including phenoxy) is 2. The van der Waals surface area contributed by atoms with Gasteiger partial charge >= 0.3 is 6.61 Å². The highest BCUT2D eigenvalue weighted by Crippen LogP contribution is 2.26. The number of nitrogens with zero attached hydrogens (tertiary/aromatic N) is 3. The number of benzene rings is 1.